The van der Waals surface area contributed by atoms with E-state index in [1.165, 1.54) is 0 Å². The van der Waals surface area contributed by atoms with E-state index in [0.29, 0.717) is 49.2 Å². The van der Waals surface area contributed by atoms with Crippen molar-refractivity contribution in [3.05, 3.63) is 124 Å². The Morgan fingerprint density at radius 1 is 0.784 bits per heavy atom. The van der Waals surface area contributed by atoms with Gasteiger partial charge >= 0.3 is 0 Å². The number of rotatable bonds is 13. The molecular formula is C31H32ClNO4. The van der Waals surface area contributed by atoms with Gasteiger partial charge < -0.3 is 24.6 Å². The third-order valence-corrected chi connectivity index (χ3v) is 6.42. The van der Waals surface area contributed by atoms with E-state index in [1.807, 2.05) is 97.1 Å². The number of hydrogen-bond donors (Lipinski definition) is 2. The average molecular weight is 518 g/mol. The van der Waals surface area contributed by atoms with E-state index in [0.717, 1.165) is 28.0 Å². The fourth-order valence-corrected chi connectivity index (χ4v) is 4.21. The lowest BCUT2D eigenvalue weighted by Crippen LogP contribution is -2.23. The Balaban J connectivity index is 1.25. The van der Waals surface area contributed by atoms with Gasteiger partial charge in [0.05, 0.1) is 18.2 Å². The Bertz CT molecular complexity index is 1230. The summed E-state index contributed by atoms with van der Waals surface area (Å²) in [6, 6.07) is 31.3. The maximum Gasteiger partial charge on any atom is 0.180 e. The second-order valence-electron chi connectivity index (χ2n) is 8.66. The van der Waals surface area contributed by atoms with E-state index in [-0.39, 0.29) is 0 Å². The second-order valence-corrected chi connectivity index (χ2v) is 9.04. The molecule has 0 aromatic heterocycles. The molecule has 1 atom stereocenters. The molecule has 0 fully saturated rings. The molecule has 4 aromatic carbocycles. The molecule has 5 nitrogen and oxygen atoms in total. The molecule has 0 amide bonds. The fourth-order valence-electron chi connectivity index (χ4n) is 3.90. The predicted octanol–water partition coefficient (Wildman–Crippen LogP) is 6.37. The molecule has 0 radical (unpaired) electrons. The Morgan fingerprint density at radius 3 is 2.03 bits per heavy atom. The Hall–Kier alpha value is -3.51. The number of hydrogen-bond acceptors (Lipinski definition) is 5. The van der Waals surface area contributed by atoms with Crippen molar-refractivity contribution in [3.8, 4) is 17.2 Å². The monoisotopic (exact) mass is 517 g/mol. The lowest BCUT2D eigenvalue weighted by atomic mass is 10.1. The first-order valence-corrected chi connectivity index (χ1v) is 12.7. The first-order chi connectivity index (χ1) is 18.1. The van der Waals surface area contributed by atoms with Gasteiger partial charge in [-0.25, -0.2) is 0 Å². The maximum absolute atomic E-state index is 10.6. The van der Waals surface area contributed by atoms with E-state index < -0.39 is 6.10 Å². The van der Waals surface area contributed by atoms with E-state index in [2.05, 4.69) is 5.32 Å². The summed E-state index contributed by atoms with van der Waals surface area (Å²) in [5.74, 6) is 1.91. The van der Waals surface area contributed by atoms with E-state index in [1.54, 1.807) is 7.11 Å². The summed E-state index contributed by atoms with van der Waals surface area (Å²) in [6.45, 7) is 1.99. The molecule has 192 valence electrons. The SMILES string of the molecule is COc1ccc(CCNCC(O)c2ccc(OCc3ccccc3)cc2)c(Cl)c1OCc1ccccc1. The third-order valence-electron chi connectivity index (χ3n) is 6.01. The van der Waals surface area contributed by atoms with E-state index in [9.17, 15) is 5.11 Å². The zero-order chi connectivity index (χ0) is 25.9. The van der Waals surface area contributed by atoms with Gasteiger partial charge in [-0.3, -0.25) is 0 Å². The zero-order valence-corrected chi connectivity index (χ0v) is 21.7. The van der Waals surface area contributed by atoms with Gasteiger partial charge in [-0.1, -0.05) is 90.5 Å². The predicted molar refractivity (Wildman–Crippen MR) is 148 cm³/mol. The van der Waals surface area contributed by atoms with E-state index >= 15 is 0 Å². The van der Waals surface area contributed by atoms with Crippen molar-refractivity contribution in [2.24, 2.45) is 0 Å². The Labute approximate surface area is 223 Å². The highest BCUT2D eigenvalue weighted by Crippen LogP contribution is 2.38. The molecule has 0 saturated heterocycles. The van der Waals surface area contributed by atoms with Gasteiger partial charge in [-0.2, -0.15) is 0 Å². The third kappa shape index (κ3) is 7.73. The summed E-state index contributed by atoms with van der Waals surface area (Å²) < 4.78 is 17.3. The van der Waals surface area contributed by atoms with Crippen molar-refractivity contribution in [1.29, 1.82) is 0 Å². The van der Waals surface area contributed by atoms with Crippen LogP contribution in [0.5, 0.6) is 17.2 Å². The minimum atomic E-state index is -0.626. The second kappa shape index (κ2) is 13.7. The van der Waals surface area contributed by atoms with Crippen LogP contribution in [-0.2, 0) is 19.6 Å². The first-order valence-electron chi connectivity index (χ1n) is 12.3. The van der Waals surface area contributed by atoms with Crippen LogP contribution in [0.15, 0.2) is 97.1 Å². The minimum absolute atomic E-state index is 0.404. The van der Waals surface area contributed by atoms with Crippen LogP contribution in [0.25, 0.3) is 0 Å². The van der Waals surface area contributed by atoms with Crippen LogP contribution in [0.2, 0.25) is 5.02 Å². The highest BCUT2D eigenvalue weighted by molar-refractivity contribution is 6.33. The number of benzene rings is 4. The van der Waals surface area contributed by atoms with Crippen molar-refractivity contribution in [3.63, 3.8) is 0 Å². The van der Waals surface area contributed by atoms with Crippen LogP contribution in [0.1, 0.15) is 28.4 Å². The van der Waals surface area contributed by atoms with Crippen molar-refractivity contribution < 1.29 is 19.3 Å². The summed E-state index contributed by atoms with van der Waals surface area (Å²) in [6.07, 6.45) is 0.0584. The largest absolute Gasteiger partial charge is 0.493 e. The van der Waals surface area contributed by atoms with Crippen molar-refractivity contribution in [1.82, 2.24) is 5.32 Å². The van der Waals surface area contributed by atoms with E-state index in [4.69, 9.17) is 25.8 Å². The molecule has 0 aliphatic carbocycles. The summed E-state index contributed by atoms with van der Waals surface area (Å²) >= 11 is 6.68. The first kappa shape index (κ1) is 26.6. The molecule has 4 rings (SSSR count). The van der Waals surface area contributed by atoms with Crippen LogP contribution in [0.4, 0.5) is 0 Å². The van der Waals surface area contributed by atoms with Gasteiger partial charge in [0.1, 0.15) is 19.0 Å². The van der Waals surface area contributed by atoms with Gasteiger partial charge in [0.25, 0.3) is 0 Å². The number of methoxy groups -OCH3 is 1. The number of aliphatic hydroxyl groups excluding tert-OH is 1. The Kier molecular flexibility index (Phi) is 9.83. The molecule has 6 heteroatoms. The molecule has 4 aromatic rings. The smallest absolute Gasteiger partial charge is 0.180 e. The average Bonchev–Trinajstić information content (AvgIpc) is 2.95. The normalized spacial score (nSPS) is 11.6. The molecule has 0 saturated carbocycles. The Morgan fingerprint density at radius 2 is 1.41 bits per heavy atom. The molecule has 0 spiro atoms. The van der Waals surface area contributed by atoms with Gasteiger partial charge in [0.15, 0.2) is 11.5 Å². The van der Waals surface area contributed by atoms with Crippen molar-refractivity contribution in [2.75, 3.05) is 20.2 Å². The van der Waals surface area contributed by atoms with Gasteiger partial charge in [-0.05, 0) is 53.4 Å². The molecule has 2 N–H and O–H groups in total. The van der Waals surface area contributed by atoms with Crippen LogP contribution in [-0.4, -0.2) is 25.3 Å². The van der Waals surface area contributed by atoms with Gasteiger partial charge in [0, 0.05) is 6.54 Å². The minimum Gasteiger partial charge on any atom is -0.493 e. The molecule has 0 bridgehead atoms. The molecule has 0 aliphatic rings. The number of nitrogens with one attached hydrogen (secondary N) is 1. The summed E-state index contributed by atoms with van der Waals surface area (Å²) in [4.78, 5) is 0. The highest BCUT2D eigenvalue weighted by Gasteiger charge is 2.15. The molecule has 37 heavy (non-hydrogen) atoms. The molecule has 1 unspecified atom stereocenters. The fraction of sp³-hybridized carbons (Fsp3) is 0.226. The van der Waals surface area contributed by atoms with Gasteiger partial charge in [0.2, 0.25) is 0 Å². The van der Waals surface area contributed by atoms with Crippen molar-refractivity contribution in [2.45, 2.75) is 25.7 Å². The lowest BCUT2D eigenvalue weighted by molar-refractivity contribution is 0.175. The van der Waals surface area contributed by atoms with Gasteiger partial charge in [-0.15, -0.1) is 0 Å². The number of ether oxygens (including phenoxy) is 3. The maximum atomic E-state index is 10.6. The van der Waals surface area contributed by atoms with Crippen LogP contribution < -0.4 is 19.5 Å². The standard InChI is InChI=1S/C31H32ClNO4/c1-35-29-17-14-26(30(32)31(29)37-22-24-10-6-3-7-11-24)18-19-33-20-28(34)25-12-15-27(16-13-25)36-21-23-8-4-2-5-9-23/h2-17,28,33-34H,18-22H2,1H3. The van der Waals surface area contributed by atoms with Crippen molar-refractivity contribution >= 4 is 11.6 Å². The molecular weight excluding hydrogens is 486 g/mol. The van der Waals surface area contributed by atoms with Crippen LogP contribution >= 0.6 is 11.6 Å². The summed E-state index contributed by atoms with van der Waals surface area (Å²) in [7, 11) is 1.60. The number of halogens is 1. The zero-order valence-electron chi connectivity index (χ0n) is 20.9. The summed E-state index contributed by atoms with van der Waals surface area (Å²) in [5.41, 5.74) is 3.95. The van der Waals surface area contributed by atoms with Crippen LogP contribution in [0.3, 0.4) is 0 Å². The highest BCUT2D eigenvalue weighted by atomic mass is 35.5. The topological polar surface area (TPSA) is 60.0 Å². The molecule has 0 aliphatic heterocycles. The quantitative estimate of drug-likeness (QED) is 0.202. The lowest BCUT2D eigenvalue weighted by Gasteiger charge is -2.16. The number of aliphatic hydroxyl groups is 1. The summed E-state index contributed by atoms with van der Waals surface area (Å²) in [5, 5.41) is 14.5. The van der Waals surface area contributed by atoms with Crippen LogP contribution in [0, 0.1) is 0 Å². The molecule has 0 heterocycles.